The number of fused-ring (bicyclic) bond motifs is 5. The molecule has 0 radical (unpaired) electrons. The van der Waals surface area contributed by atoms with Gasteiger partial charge in [-0.2, -0.15) is 0 Å². The van der Waals surface area contributed by atoms with Crippen LogP contribution >= 0.6 is 23.1 Å². The maximum Gasteiger partial charge on any atom is 0.124 e. The standard InChI is InChI=1S/C21H14N2S2/c1-13-5-4-7-16-18-20(15-6-2-3-8-17(15)24-19(13)16)25-21(23-18)14-9-11-22-12-10-14/h2-12H,1H3. The van der Waals surface area contributed by atoms with Crippen LogP contribution in [0.3, 0.4) is 0 Å². The molecule has 0 unspecified atom stereocenters. The molecule has 0 N–H and O–H groups in total. The van der Waals surface area contributed by atoms with E-state index in [1.807, 2.05) is 36.3 Å². The largest absolute Gasteiger partial charge is 0.265 e. The van der Waals surface area contributed by atoms with Crippen LogP contribution in [0.1, 0.15) is 5.56 Å². The minimum absolute atomic E-state index is 1.04. The Morgan fingerprint density at radius 1 is 0.840 bits per heavy atom. The molecule has 120 valence electrons. The molecule has 0 saturated heterocycles. The van der Waals surface area contributed by atoms with Crippen LogP contribution in [0, 0.1) is 6.92 Å². The van der Waals surface area contributed by atoms with Gasteiger partial charge in [0.15, 0.2) is 0 Å². The van der Waals surface area contributed by atoms with Gasteiger partial charge in [-0.1, -0.05) is 48.2 Å². The van der Waals surface area contributed by atoms with Crippen molar-refractivity contribution < 1.29 is 0 Å². The van der Waals surface area contributed by atoms with E-state index in [1.54, 1.807) is 11.3 Å². The van der Waals surface area contributed by atoms with Gasteiger partial charge in [-0.05, 0) is 30.7 Å². The molecule has 4 heteroatoms. The van der Waals surface area contributed by atoms with Crippen LogP contribution in [-0.4, -0.2) is 9.97 Å². The maximum atomic E-state index is 5.04. The smallest absolute Gasteiger partial charge is 0.124 e. The third kappa shape index (κ3) is 2.41. The molecule has 4 aromatic rings. The van der Waals surface area contributed by atoms with Crippen LogP contribution in [0.5, 0.6) is 0 Å². The van der Waals surface area contributed by atoms with Crippen molar-refractivity contribution in [3.05, 3.63) is 72.6 Å². The lowest BCUT2D eigenvalue weighted by atomic mass is 10.0. The first kappa shape index (κ1) is 14.9. The van der Waals surface area contributed by atoms with Crippen LogP contribution in [0.4, 0.5) is 0 Å². The summed E-state index contributed by atoms with van der Waals surface area (Å²) in [6, 6.07) is 19.2. The molecule has 0 atom stereocenters. The third-order valence-electron chi connectivity index (χ3n) is 4.37. The Morgan fingerprint density at radius 3 is 2.52 bits per heavy atom. The topological polar surface area (TPSA) is 25.8 Å². The molecule has 0 bridgehead atoms. The van der Waals surface area contributed by atoms with Crippen molar-refractivity contribution in [3.8, 4) is 32.3 Å². The van der Waals surface area contributed by atoms with Crippen molar-refractivity contribution in [2.24, 2.45) is 0 Å². The Balaban J connectivity index is 1.84. The second-order valence-corrected chi connectivity index (χ2v) is 8.03. The second kappa shape index (κ2) is 5.83. The minimum atomic E-state index is 1.04. The van der Waals surface area contributed by atoms with Gasteiger partial charge in [0.05, 0.1) is 10.6 Å². The highest BCUT2D eigenvalue weighted by Crippen LogP contribution is 2.51. The highest BCUT2D eigenvalue weighted by molar-refractivity contribution is 7.99. The molecular formula is C21H14N2S2. The molecule has 2 aromatic carbocycles. The van der Waals surface area contributed by atoms with Crippen molar-refractivity contribution in [1.82, 2.24) is 9.97 Å². The maximum absolute atomic E-state index is 5.04. The van der Waals surface area contributed by atoms with Crippen LogP contribution in [0.15, 0.2) is 76.8 Å². The van der Waals surface area contributed by atoms with E-state index >= 15 is 0 Å². The Labute approximate surface area is 154 Å². The lowest BCUT2D eigenvalue weighted by Gasteiger charge is -2.09. The fourth-order valence-electron chi connectivity index (χ4n) is 3.13. The Kier molecular flexibility index (Phi) is 3.47. The average Bonchev–Trinajstić information content (AvgIpc) is 3.04. The van der Waals surface area contributed by atoms with Gasteiger partial charge >= 0.3 is 0 Å². The third-order valence-corrected chi connectivity index (χ3v) is 6.82. The second-order valence-electron chi connectivity index (χ2n) is 5.98. The number of aromatic nitrogens is 2. The zero-order valence-corrected chi connectivity index (χ0v) is 15.2. The van der Waals surface area contributed by atoms with E-state index < -0.39 is 0 Å². The first-order valence-electron chi connectivity index (χ1n) is 8.10. The fourth-order valence-corrected chi connectivity index (χ4v) is 5.47. The number of nitrogens with zero attached hydrogens (tertiary/aromatic N) is 2. The summed E-state index contributed by atoms with van der Waals surface area (Å²) in [6.45, 7) is 2.18. The SMILES string of the molecule is Cc1cccc2c1Sc1ccccc1-c1sc(-c3ccncc3)nc1-2. The fraction of sp³-hybridized carbons (Fsp3) is 0.0476. The molecule has 2 aromatic heterocycles. The van der Waals surface area contributed by atoms with Gasteiger partial charge in [0.2, 0.25) is 0 Å². The van der Waals surface area contributed by atoms with Crippen molar-refractivity contribution in [2.45, 2.75) is 16.7 Å². The molecule has 2 nitrogen and oxygen atoms in total. The summed E-state index contributed by atoms with van der Waals surface area (Å²) in [5, 5.41) is 1.04. The molecule has 0 aliphatic carbocycles. The highest BCUT2D eigenvalue weighted by atomic mass is 32.2. The molecule has 0 amide bonds. The summed E-state index contributed by atoms with van der Waals surface area (Å²) in [4.78, 5) is 13.0. The number of aryl methyl sites for hydroxylation is 1. The monoisotopic (exact) mass is 358 g/mol. The van der Waals surface area contributed by atoms with Crippen molar-refractivity contribution in [2.75, 3.05) is 0 Å². The summed E-state index contributed by atoms with van der Waals surface area (Å²) in [5.41, 5.74) is 6.01. The average molecular weight is 358 g/mol. The molecule has 0 spiro atoms. The minimum Gasteiger partial charge on any atom is -0.265 e. The summed E-state index contributed by atoms with van der Waals surface area (Å²) in [5.74, 6) is 0. The Hall–Kier alpha value is -2.43. The predicted octanol–water partition coefficient (Wildman–Crippen LogP) is 6.31. The first-order valence-corrected chi connectivity index (χ1v) is 9.73. The molecule has 5 rings (SSSR count). The van der Waals surface area contributed by atoms with Gasteiger partial charge in [-0.15, -0.1) is 11.3 Å². The summed E-state index contributed by atoms with van der Waals surface area (Å²) in [7, 11) is 0. The van der Waals surface area contributed by atoms with Gasteiger partial charge < -0.3 is 0 Å². The van der Waals surface area contributed by atoms with Crippen LogP contribution < -0.4 is 0 Å². The van der Waals surface area contributed by atoms with E-state index in [0.717, 1.165) is 16.3 Å². The summed E-state index contributed by atoms with van der Waals surface area (Å²) < 4.78 is 0. The summed E-state index contributed by atoms with van der Waals surface area (Å²) >= 11 is 3.61. The number of thiazole rings is 1. The van der Waals surface area contributed by atoms with Gasteiger partial charge in [0.1, 0.15) is 5.01 Å². The van der Waals surface area contributed by atoms with Gasteiger partial charge in [0, 0.05) is 38.9 Å². The van der Waals surface area contributed by atoms with E-state index in [9.17, 15) is 0 Å². The lowest BCUT2D eigenvalue weighted by molar-refractivity contribution is 1.27. The first-order chi connectivity index (χ1) is 12.3. The van der Waals surface area contributed by atoms with E-state index in [-0.39, 0.29) is 0 Å². The number of pyridine rings is 1. The molecule has 0 fully saturated rings. The molecular weight excluding hydrogens is 344 g/mol. The number of rotatable bonds is 1. The van der Waals surface area contributed by atoms with Gasteiger partial charge in [-0.25, -0.2) is 4.98 Å². The van der Waals surface area contributed by atoms with Crippen molar-refractivity contribution >= 4 is 23.1 Å². The van der Waals surface area contributed by atoms with Gasteiger partial charge in [-0.3, -0.25) is 4.98 Å². The lowest BCUT2D eigenvalue weighted by Crippen LogP contribution is -1.86. The molecule has 0 saturated carbocycles. The molecule has 1 aliphatic rings. The van der Waals surface area contributed by atoms with E-state index in [1.165, 1.54) is 31.4 Å². The Bertz CT molecular complexity index is 1080. The molecule has 3 heterocycles. The number of hydrogen-bond acceptors (Lipinski definition) is 4. The number of benzene rings is 2. The zero-order chi connectivity index (χ0) is 16.8. The van der Waals surface area contributed by atoms with E-state index in [4.69, 9.17) is 4.98 Å². The van der Waals surface area contributed by atoms with E-state index in [0.29, 0.717) is 0 Å². The predicted molar refractivity (Wildman–Crippen MR) is 105 cm³/mol. The highest BCUT2D eigenvalue weighted by Gasteiger charge is 2.25. The molecule has 1 aliphatic heterocycles. The normalized spacial score (nSPS) is 12.0. The van der Waals surface area contributed by atoms with Crippen LogP contribution in [-0.2, 0) is 0 Å². The summed E-state index contributed by atoms with van der Waals surface area (Å²) in [6.07, 6.45) is 3.65. The zero-order valence-electron chi connectivity index (χ0n) is 13.6. The molecule has 25 heavy (non-hydrogen) atoms. The van der Waals surface area contributed by atoms with Crippen LogP contribution in [0.2, 0.25) is 0 Å². The number of hydrogen-bond donors (Lipinski definition) is 0. The Morgan fingerprint density at radius 2 is 1.64 bits per heavy atom. The van der Waals surface area contributed by atoms with E-state index in [2.05, 4.69) is 54.4 Å². The van der Waals surface area contributed by atoms with Gasteiger partial charge in [0.25, 0.3) is 0 Å². The van der Waals surface area contributed by atoms with Crippen molar-refractivity contribution in [1.29, 1.82) is 0 Å². The van der Waals surface area contributed by atoms with Crippen molar-refractivity contribution in [3.63, 3.8) is 0 Å². The quantitative estimate of drug-likeness (QED) is 0.351. The van der Waals surface area contributed by atoms with Crippen LogP contribution in [0.25, 0.3) is 32.3 Å².